The van der Waals surface area contributed by atoms with Crippen LogP contribution < -0.4 is 10.4 Å². The average molecular weight is 489 g/mol. The van der Waals surface area contributed by atoms with Crippen molar-refractivity contribution in [3.05, 3.63) is 144 Å². The first-order chi connectivity index (χ1) is 17.4. The van der Waals surface area contributed by atoms with Gasteiger partial charge in [0.25, 0.3) is 0 Å². The van der Waals surface area contributed by atoms with Gasteiger partial charge in [-0.25, -0.2) is 0 Å². The maximum Gasteiger partial charge on any atom is 0.173 e. The van der Waals surface area contributed by atoms with Crippen molar-refractivity contribution in [1.29, 1.82) is 0 Å². The molecular weight excluding hydrogens is 457 g/mol. The highest BCUT2D eigenvalue weighted by Crippen LogP contribution is 2.40. The van der Waals surface area contributed by atoms with E-state index >= 15 is 0 Å². The Balaban J connectivity index is 0.000000371. The van der Waals surface area contributed by atoms with Gasteiger partial charge in [0.2, 0.25) is 0 Å². The van der Waals surface area contributed by atoms with Crippen LogP contribution in [0.5, 0.6) is 0 Å². The lowest BCUT2D eigenvalue weighted by molar-refractivity contribution is 0.304. The second kappa shape index (κ2) is 11.5. The van der Waals surface area contributed by atoms with Gasteiger partial charge in [-0.1, -0.05) is 140 Å². The van der Waals surface area contributed by atoms with E-state index in [0.717, 1.165) is 6.61 Å². The minimum atomic E-state index is -2.30. The molecule has 0 saturated carbocycles. The second-order valence-electron chi connectivity index (χ2n) is 9.07. The van der Waals surface area contributed by atoms with Crippen LogP contribution in [0, 0.1) is 0 Å². The lowest BCUT2D eigenvalue weighted by Crippen LogP contribution is -2.57. The first-order valence-electron chi connectivity index (χ1n) is 12.6. The molecule has 0 amide bonds. The summed E-state index contributed by atoms with van der Waals surface area (Å²) in [6, 6.07) is 45.3. The number of rotatable bonds is 4. The molecule has 1 fully saturated rings. The van der Waals surface area contributed by atoms with Gasteiger partial charge in [-0.05, 0) is 44.7 Å². The number of hydrogen-bond acceptors (Lipinski definition) is 1. The molecule has 6 rings (SSSR count). The van der Waals surface area contributed by atoms with Gasteiger partial charge in [0.15, 0.2) is 17.8 Å². The third-order valence-corrected chi connectivity index (χ3v) is 12.7. The lowest BCUT2D eigenvalue weighted by Gasteiger charge is -2.31. The summed E-state index contributed by atoms with van der Waals surface area (Å²) in [5.41, 5.74) is 6.46. The van der Waals surface area contributed by atoms with Gasteiger partial charge in [-0.15, -0.1) is 0 Å². The molecule has 1 saturated heterocycles. The monoisotopic (exact) mass is 488 g/mol. The highest BCUT2D eigenvalue weighted by molar-refractivity contribution is 7.20. The van der Waals surface area contributed by atoms with Gasteiger partial charge in [0.05, 0.1) is 0 Å². The number of hydrogen-bond donors (Lipinski definition) is 0. The fraction of sp³-hybridized carbons (Fsp3) is 0.125. The molecule has 2 heterocycles. The third kappa shape index (κ3) is 5.08. The maximum atomic E-state index is 5.21. The zero-order chi connectivity index (χ0) is 23.8. The van der Waals surface area contributed by atoms with Crippen molar-refractivity contribution in [2.24, 2.45) is 0 Å². The van der Waals surface area contributed by atoms with Gasteiger partial charge in [-0.3, -0.25) is 0 Å². The summed E-state index contributed by atoms with van der Waals surface area (Å²) in [5, 5.41) is 4.32. The van der Waals surface area contributed by atoms with Crippen LogP contribution >= 0.6 is 0 Å². The van der Waals surface area contributed by atoms with Crippen LogP contribution in [0.1, 0.15) is 24.0 Å². The highest BCUT2D eigenvalue weighted by Gasteiger charge is 2.43. The van der Waals surface area contributed by atoms with Crippen molar-refractivity contribution in [2.75, 3.05) is 6.61 Å². The van der Waals surface area contributed by atoms with Crippen molar-refractivity contribution in [3.8, 4) is 0 Å². The highest BCUT2D eigenvalue weighted by atomic mass is 28.3. The second-order valence-corrected chi connectivity index (χ2v) is 14.2. The summed E-state index contributed by atoms with van der Waals surface area (Å²) in [6.07, 6.45) is 5.11. The summed E-state index contributed by atoms with van der Waals surface area (Å²) in [5.74, 6) is 0. The molecule has 174 valence electrons. The van der Waals surface area contributed by atoms with Crippen molar-refractivity contribution in [3.63, 3.8) is 0 Å². The molecule has 35 heavy (non-hydrogen) atoms. The van der Waals surface area contributed by atoms with Crippen LogP contribution in [0.2, 0.25) is 6.04 Å². The van der Waals surface area contributed by atoms with Crippen LogP contribution in [0.15, 0.2) is 133 Å². The molecule has 0 N–H and O–H groups in total. The van der Waals surface area contributed by atoms with Crippen LogP contribution in [-0.4, -0.2) is 24.4 Å². The lowest BCUT2D eigenvalue weighted by atomic mass is 10.0. The summed E-state index contributed by atoms with van der Waals surface area (Å²) in [6.45, 7) is 1.06. The molecule has 4 aromatic rings. The largest absolute Gasteiger partial charge is 0.424 e. The quantitative estimate of drug-likeness (QED) is 0.330. The Morgan fingerprint density at radius 2 is 1.09 bits per heavy atom. The predicted molar refractivity (Wildman–Crippen MR) is 155 cm³/mol. The SMILES string of the molecule is C1=C[Si](c2ccccc2)(c2ccccc2)C(c2ccccc2)=C1c1ccccc1.C1CC[SiH2]OC1. The van der Waals surface area contributed by atoms with Gasteiger partial charge >= 0.3 is 0 Å². The fourth-order valence-electron chi connectivity index (χ4n) is 5.17. The van der Waals surface area contributed by atoms with E-state index in [1.165, 1.54) is 51.2 Å². The minimum Gasteiger partial charge on any atom is -0.424 e. The van der Waals surface area contributed by atoms with Crippen molar-refractivity contribution in [2.45, 2.75) is 18.9 Å². The molecular formula is C32H32OSi2. The van der Waals surface area contributed by atoms with Crippen LogP contribution in [0.4, 0.5) is 0 Å². The third-order valence-electron chi connectivity index (χ3n) is 6.85. The van der Waals surface area contributed by atoms with E-state index in [2.05, 4.69) is 133 Å². The Morgan fingerprint density at radius 3 is 1.51 bits per heavy atom. The Kier molecular flexibility index (Phi) is 7.69. The first-order valence-corrected chi connectivity index (χ1v) is 16.3. The maximum absolute atomic E-state index is 5.21. The smallest absolute Gasteiger partial charge is 0.173 e. The summed E-state index contributed by atoms with van der Waals surface area (Å²) in [7, 11) is -2.29. The van der Waals surface area contributed by atoms with E-state index < -0.39 is 8.07 Å². The molecule has 3 heteroatoms. The van der Waals surface area contributed by atoms with Crippen molar-refractivity contribution in [1.82, 2.24) is 0 Å². The molecule has 2 aliphatic heterocycles. The summed E-state index contributed by atoms with van der Waals surface area (Å²) < 4.78 is 5.21. The predicted octanol–water partition coefficient (Wildman–Crippen LogP) is 5.81. The zero-order valence-corrected chi connectivity index (χ0v) is 22.6. The molecule has 2 aliphatic rings. The molecule has 1 nitrogen and oxygen atoms in total. The molecule has 0 atom stereocenters. The van der Waals surface area contributed by atoms with E-state index in [1.807, 2.05) is 0 Å². The number of allylic oxidation sites excluding steroid dienone is 2. The molecule has 0 aromatic heterocycles. The Labute approximate surface area is 212 Å². The van der Waals surface area contributed by atoms with E-state index in [-0.39, 0.29) is 9.76 Å². The van der Waals surface area contributed by atoms with E-state index in [0.29, 0.717) is 0 Å². The number of benzene rings is 4. The van der Waals surface area contributed by atoms with Crippen LogP contribution in [-0.2, 0) is 4.43 Å². The minimum absolute atomic E-state index is 0.00849. The van der Waals surface area contributed by atoms with Crippen molar-refractivity contribution < 1.29 is 4.43 Å². The van der Waals surface area contributed by atoms with Crippen molar-refractivity contribution >= 4 is 39.0 Å². The Morgan fingerprint density at radius 1 is 0.571 bits per heavy atom. The van der Waals surface area contributed by atoms with Crippen LogP contribution in [0.3, 0.4) is 0 Å². The Hall–Kier alpha value is -3.25. The summed E-state index contributed by atoms with van der Waals surface area (Å²) >= 11 is 0. The normalized spacial score (nSPS) is 17.1. The molecule has 0 aliphatic carbocycles. The molecule has 0 radical (unpaired) electrons. The van der Waals surface area contributed by atoms with E-state index in [9.17, 15) is 0 Å². The molecule has 4 aromatic carbocycles. The topological polar surface area (TPSA) is 9.23 Å². The summed E-state index contributed by atoms with van der Waals surface area (Å²) in [4.78, 5) is 0. The molecule has 0 spiro atoms. The first kappa shape index (κ1) is 23.5. The van der Waals surface area contributed by atoms with Gasteiger partial charge in [-0.2, -0.15) is 0 Å². The van der Waals surface area contributed by atoms with E-state index in [1.54, 1.807) is 0 Å². The standard InChI is InChI=1S/C28H22Si.C4H10OSi/c1-5-13-23(14-6-1)27-21-22-29(25-17-9-3-10-18-25,26-19-11-4-12-20-26)28(27)24-15-7-2-8-16-24;1-2-4-6-5-3-1/h1-22H;1-4,6H2. The van der Waals surface area contributed by atoms with Crippen LogP contribution in [0.25, 0.3) is 10.8 Å². The van der Waals surface area contributed by atoms with E-state index in [4.69, 9.17) is 4.43 Å². The van der Waals surface area contributed by atoms with Gasteiger partial charge in [0, 0.05) is 6.61 Å². The molecule has 0 unspecified atom stereocenters. The Bertz CT molecular complexity index is 1210. The molecule has 0 bridgehead atoms. The van der Waals surface area contributed by atoms with Gasteiger partial charge < -0.3 is 4.43 Å². The average Bonchev–Trinajstić information content (AvgIpc) is 3.38. The zero-order valence-electron chi connectivity index (χ0n) is 20.1. The fourth-order valence-corrected chi connectivity index (χ4v) is 10.9. The van der Waals surface area contributed by atoms with Gasteiger partial charge in [0.1, 0.15) is 0 Å².